The molecule has 3 nitrogen and oxygen atoms in total. The smallest absolute Gasteiger partial charge is 0.159 e. The van der Waals surface area contributed by atoms with Gasteiger partial charge in [0.25, 0.3) is 0 Å². The number of benzene rings is 1. The predicted molar refractivity (Wildman–Crippen MR) is 62.3 cm³/mol. The van der Waals surface area contributed by atoms with Crippen molar-refractivity contribution in [3.63, 3.8) is 0 Å². The van der Waals surface area contributed by atoms with Crippen molar-refractivity contribution >= 4 is 5.82 Å². The Kier molecular flexibility index (Phi) is 3.08. The highest BCUT2D eigenvalue weighted by molar-refractivity contribution is 5.68. The molecule has 3 N–H and O–H groups in total. The van der Waals surface area contributed by atoms with Crippen molar-refractivity contribution in [2.75, 3.05) is 5.73 Å². The van der Waals surface area contributed by atoms with Crippen LogP contribution < -0.4 is 5.73 Å². The van der Waals surface area contributed by atoms with Crippen LogP contribution in [0.1, 0.15) is 18.9 Å². The lowest BCUT2D eigenvalue weighted by atomic mass is 10.0. The molecule has 2 rings (SSSR count). The first-order chi connectivity index (χ1) is 8.13. The zero-order chi connectivity index (χ0) is 12.4. The molecular weight excluding hydrogens is 224 g/mol. The minimum Gasteiger partial charge on any atom is -0.382 e. The first kappa shape index (κ1) is 11.6. The van der Waals surface area contributed by atoms with E-state index < -0.39 is 11.6 Å². The quantitative estimate of drug-likeness (QED) is 0.862. The Morgan fingerprint density at radius 3 is 2.71 bits per heavy atom. The molecule has 17 heavy (non-hydrogen) atoms. The molecule has 0 aliphatic heterocycles. The second-order valence-electron chi connectivity index (χ2n) is 3.84. The van der Waals surface area contributed by atoms with Crippen molar-refractivity contribution in [1.82, 2.24) is 10.2 Å². The third-order valence-corrected chi connectivity index (χ3v) is 2.61. The fourth-order valence-corrected chi connectivity index (χ4v) is 1.77. The van der Waals surface area contributed by atoms with Gasteiger partial charge in [0.05, 0.1) is 5.69 Å². The van der Waals surface area contributed by atoms with E-state index in [0.29, 0.717) is 17.1 Å². The molecule has 1 aromatic heterocycles. The Hall–Kier alpha value is -1.91. The number of aromatic nitrogens is 2. The third-order valence-electron chi connectivity index (χ3n) is 2.61. The highest BCUT2D eigenvalue weighted by atomic mass is 19.2. The SMILES string of the molecule is CCCc1c(N)n[nH]c1-c1ccc(F)c(F)c1. The van der Waals surface area contributed by atoms with Crippen LogP contribution in [0.2, 0.25) is 0 Å². The number of aromatic amines is 1. The minimum atomic E-state index is -0.877. The van der Waals surface area contributed by atoms with Gasteiger partial charge in [-0.05, 0) is 24.6 Å². The van der Waals surface area contributed by atoms with E-state index in [9.17, 15) is 8.78 Å². The lowest BCUT2D eigenvalue weighted by Gasteiger charge is -2.03. The number of rotatable bonds is 3. The summed E-state index contributed by atoms with van der Waals surface area (Å²) in [5.74, 6) is -1.33. The molecule has 0 aliphatic carbocycles. The van der Waals surface area contributed by atoms with Gasteiger partial charge >= 0.3 is 0 Å². The van der Waals surface area contributed by atoms with Crippen LogP contribution in [-0.4, -0.2) is 10.2 Å². The van der Waals surface area contributed by atoms with Gasteiger partial charge in [0.1, 0.15) is 5.82 Å². The van der Waals surface area contributed by atoms with Crippen LogP contribution in [0.25, 0.3) is 11.3 Å². The summed E-state index contributed by atoms with van der Waals surface area (Å²) in [6.07, 6.45) is 1.65. The van der Waals surface area contributed by atoms with Crippen LogP contribution in [0, 0.1) is 11.6 Å². The van der Waals surface area contributed by atoms with Gasteiger partial charge in [0, 0.05) is 11.1 Å². The molecule has 0 saturated heterocycles. The van der Waals surface area contributed by atoms with Crippen LogP contribution in [0.4, 0.5) is 14.6 Å². The highest BCUT2D eigenvalue weighted by Gasteiger charge is 2.13. The zero-order valence-corrected chi connectivity index (χ0v) is 9.43. The Morgan fingerprint density at radius 2 is 2.06 bits per heavy atom. The first-order valence-corrected chi connectivity index (χ1v) is 5.41. The summed E-state index contributed by atoms with van der Waals surface area (Å²) in [7, 11) is 0. The molecule has 0 spiro atoms. The number of nitrogens with two attached hydrogens (primary N) is 1. The van der Waals surface area contributed by atoms with Crippen LogP contribution in [0.5, 0.6) is 0 Å². The fourth-order valence-electron chi connectivity index (χ4n) is 1.77. The number of nitrogens with zero attached hydrogens (tertiary/aromatic N) is 1. The zero-order valence-electron chi connectivity index (χ0n) is 9.43. The maximum atomic E-state index is 13.1. The number of hydrogen-bond donors (Lipinski definition) is 2. The van der Waals surface area contributed by atoms with Gasteiger partial charge in [-0.15, -0.1) is 0 Å². The van der Waals surface area contributed by atoms with E-state index >= 15 is 0 Å². The van der Waals surface area contributed by atoms with Crippen molar-refractivity contribution in [2.45, 2.75) is 19.8 Å². The van der Waals surface area contributed by atoms with E-state index in [4.69, 9.17) is 5.73 Å². The molecule has 5 heteroatoms. The number of nitrogens with one attached hydrogen (secondary N) is 1. The van der Waals surface area contributed by atoms with Crippen molar-refractivity contribution in [1.29, 1.82) is 0 Å². The van der Waals surface area contributed by atoms with E-state index in [2.05, 4.69) is 10.2 Å². The average Bonchev–Trinajstić information content (AvgIpc) is 2.66. The molecule has 0 bridgehead atoms. The standard InChI is InChI=1S/C12H13F2N3/c1-2-3-8-11(16-17-12(8)15)7-4-5-9(13)10(14)6-7/h4-6H,2-3H2,1H3,(H3,15,16,17). The molecular formula is C12H13F2N3. The lowest BCUT2D eigenvalue weighted by molar-refractivity contribution is 0.509. The molecule has 0 amide bonds. The second kappa shape index (κ2) is 4.53. The van der Waals surface area contributed by atoms with Crippen molar-refractivity contribution in [3.8, 4) is 11.3 Å². The number of halogens is 2. The molecule has 0 saturated carbocycles. The second-order valence-corrected chi connectivity index (χ2v) is 3.84. The van der Waals surface area contributed by atoms with Gasteiger partial charge in [0.2, 0.25) is 0 Å². The molecule has 2 aromatic rings. The van der Waals surface area contributed by atoms with Crippen LogP contribution in [0.3, 0.4) is 0 Å². The van der Waals surface area contributed by atoms with E-state index in [1.165, 1.54) is 6.07 Å². The molecule has 0 aliphatic rings. The Labute approximate surface area is 97.7 Å². The van der Waals surface area contributed by atoms with Crippen molar-refractivity contribution in [2.24, 2.45) is 0 Å². The Morgan fingerprint density at radius 1 is 1.29 bits per heavy atom. The van der Waals surface area contributed by atoms with Gasteiger partial charge < -0.3 is 5.73 Å². The maximum absolute atomic E-state index is 13.1. The Balaban J connectivity index is 2.48. The Bertz CT molecular complexity index is 535. The fraction of sp³-hybridized carbons (Fsp3) is 0.250. The molecule has 0 unspecified atom stereocenters. The largest absolute Gasteiger partial charge is 0.382 e. The topological polar surface area (TPSA) is 54.7 Å². The van der Waals surface area contributed by atoms with E-state index in [-0.39, 0.29) is 0 Å². The van der Waals surface area contributed by atoms with Gasteiger partial charge in [0.15, 0.2) is 11.6 Å². The summed E-state index contributed by atoms with van der Waals surface area (Å²) in [5.41, 5.74) is 7.78. The van der Waals surface area contributed by atoms with Gasteiger partial charge in [-0.2, -0.15) is 5.10 Å². The predicted octanol–water partition coefficient (Wildman–Crippen LogP) is 2.89. The molecule has 1 aromatic carbocycles. The van der Waals surface area contributed by atoms with Gasteiger partial charge in [-0.25, -0.2) is 8.78 Å². The van der Waals surface area contributed by atoms with E-state index in [0.717, 1.165) is 30.5 Å². The van der Waals surface area contributed by atoms with Crippen LogP contribution >= 0.6 is 0 Å². The van der Waals surface area contributed by atoms with E-state index in [1.54, 1.807) is 0 Å². The van der Waals surface area contributed by atoms with Crippen LogP contribution in [-0.2, 0) is 6.42 Å². The summed E-state index contributed by atoms with van der Waals surface area (Å²) in [6.45, 7) is 2.02. The molecule has 0 radical (unpaired) electrons. The summed E-state index contributed by atoms with van der Waals surface area (Å²) in [6, 6.07) is 3.74. The van der Waals surface area contributed by atoms with Gasteiger partial charge in [-0.1, -0.05) is 13.3 Å². The number of nitrogen functional groups attached to an aromatic ring is 1. The number of hydrogen-bond acceptors (Lipinski definition) is 2. The van der Waals surface area contributed by atoms with Gasteiger partial charge in [-0.3, -0.25) is 5.10 Å². The average molecular weight is 237 g/mol. The monoisotopic (exact) mass is 237 g/mol. The highest BCUT2D eigenvalue weighted by Crippen LogP contribution is 2.27. The summed E-state index contributed by atoms with van der Waals surface area (Å²) < 4.78 is 26.0. The summed E-state index contributed by atoms with van der Waals surface area (Å²) >= 11 is 0. The molecule has 90 valence electrons. The van der Waals surface area contributed by atoms with E-state index in [1.807, 2.05) is 6.92 Å². The normalized spacial score (nSPS) is 10.8. The lowest BCUT2D eigenvalue weighted by Crippen LogP contribution is -1.93. The third kappa shape index (κ3) is 2.13. The van der Waals surface area contributed by atoms with Crippen molar-refractivity contribution < 1.29 is 8.78 Å². The minimum absolute atomic E-state index is 0.409. The molecule has 1 heterocycles. The van der Waals surface area contributed by atoms with Crippen molar-refractivity contribution in [3.05, 3.63) is 35.4 Å². The first-order valence-electron chi connectivity index (χ1n) is 5.41. The van der Waals surface area contributed by atoms with Crippen LogP contribution in [0.15, 0.2) is 18.2 Å². The molecule has 0 fully saturated rings. The summed E-state index contributed by atoms with van der Waals surface area (Å²) in [5, 5.41) is 6.66. The summed E-state index contributed by atoms with van der Waals surface area (Å²) in [4.78, 5) is 0. The maximum Gasteiger partial charge on any atom is 0.159 e. The molecule has 0 atom stereocenters. The number of anilines is 1. The number of H-pyrrole nitrogens is 1.